The number of carbonyl (C=O) groups is 3. The standard InChI is InChI=1S/C25H45NO11/c1-22(2,3)35-19(27)10-13-32-16-25(26(30)31,17-33-14-11-20(28)36-23(4,5)6)18-34-15-12-21(29)37-24(7,8)9/h10-18H2,1-9H3. The molecule has 0 atom stereocenters. The third kappa shape index (κ3) is 18.6. The van der Waals surface area contributed by atoms with Crippen LogP contribution in [0.15, 0.2) is 0 Å². The Morgan fingerprint density at radius 1 is 0.568 bits per heavy atom. The minimum atomic E-state index is -1.84. The van der Waals surface area contributed by atoms with Crippen LogP contribution in [0.5, 0.6) is 0 Å². The molecular formula is C25H45NO11. The van der Waals surface area contributed by atoms with Gasteiger partial charge in [-0.15, -0.1) is 0 Å². The lowest BCUT2D eigenvalue weighted by molar-refractivity contribution is -0.583. The van der Waals surface area contributed by atoms with Gasteiger partial charge in [-0.25, -0.2) is 0 Å². The van der Waals surface area contributed by atoms with Gasteiger partial charge in [0.15, 0.2) is 0 Å². The van der Waals surface area contributed by atoms with Gasteiger partial charge in [0.05, 0.1) is 39.1 Å². The molecule has 0 radical (unpaired) electrons. The highest BCUT2D eigenvalue weighted by Crippen LogP contribution is 2.16. The molecule has 0 bridgehead atoms. The van der Waals surface area contributed by atoms with Crippen molar-refractivity contribution >= 4 is 17.9 Å². The van der Waals surface area contributed by atoms with E-state index >= 15 is 0 Å². The minimum absolute atomic E-state index is 0.0932. The van der Waals surface area contributed by atoms with E-state index in [9.17, 15) is 24.5 Å². The summed E-state index contributed by atoms with van der Waals surface area (Å²) in [5.74, 6) is -1.50. The summed E-state index contributed by atoms with van der Waals surface area (Å²) >= 11 is 0. The topological polar surface area (TPSA) is 150 Å². The lowest BCUT2D eigenvalue weighted by atomic mass is 10.0. The van der Waals surface area contributed by atoms with E-state index in [4.69, 9.17) is 28.4 Å². The van der Waals surface area contributed by atoms with Crippen LogP contribution in [0.25, 0.3) is 0 Å². The van der Waals surface area contributed by atoms with Crippen LogP contribution in [-0.4, -0.2) is 84.8 Å². The Labute approximate surface area is 219 Å². The van der Waals surface area contributed by atoms with Crippen LogP contribution < -0.4 is 0 Å². The molecule has 216 valence electrons. The van der Waals surface area contributed by atoms with Gasteiger partial charge in [0.25, 0.3) is 5.54 Å². The molecule has 0 unspecified atom stereocenters. The van der Waals surface area contributed by atoms with Crippen LogP contribution in [0.2, 0.25) is 0 Å². The van der Waals surface area contributed by atoms with Gasteiger partial charge < -0.3 is 28.4 Å². The average Bonchev–Trinajstić information content (AvgIpc) is 2.66. The van der Waals surface area contributed by atoms with Crippen molar-refractivity contribution in [2.75, 3.05) is 39.6 Å². The first-order valence-electron chi connectivity index (χ1n) is 12.3. The fraction of sp³-hybridized carbons (Fsp3) is 0.880. The van der Waals surface area contributed by atoms with Gasteiger partial charge in [0, 0.05) is 4.92 Å². The molecule has 0 amide bonds. The van der Waals surface area contributed by atoms with Crippen molar-refractivity contribution in [1.29, 1.82) is 0 Å². The number of nitro groups is 1. The van der Waals surface area contributed by atoms with Crippen LogP contribution in [0.1, 0.15) is 81.6 Å². The Morgan fingerprint density at radius 3 is 1.00 bits per heavy atom. The Morgan fingerprint density at radius 2 is 0.811 bits per heavy atom. The molecule has 0 N–H and O–H groups in total. The van der Waals surface area contributed by atoms with Gasteiger partial charge in [-0.3, -0.25) is 24.5 Å². The molecule has 0 spiro atoms. The van der Waals surface area contributed by atoms with E-state index in [0.29, 0.717) is 0 Å². The first kappa shape index (κ1) is 34.7. The third-order valence-corrected chi connectivity index (χ3v) is 4.11. The molecule has 0 saturated carbocycles. The molecule has 0 fully saturated rings. The van der Waals surface area contributed by atoms with Crippen LogP contribution in [0, 0.1) is 10.1 Å². The van der Waals surface area contributed by atoms with Crippen molar-refractivity contribution in [2.24, 2.45) is 0 Å². The van der Waals surface area contributed by atoms with Gasteiger partial charge in [-0.05, 0) is 62.3 Å². The van der Waals surface area contributed by atoms with E-state index in [1.807, 2.05) is 0 Å². The van der Waals surface area contributed by atoms with Crippen molar-refractivity contribution < 1.29 is 47.7 Å². The van der Waals surface area contributed by atoms with Gasteiger partial charge in [-0.2, -0.15) is 0 Å². The summed E-state index contributed by atoms with van der Waals surface area (Å²) in [6.45, 7) is 13.9. The van der Waals surface area contributed by atoms with E-state index in [2.05, 4.69) is 0 Å². The number of hydrogen-bond donors (Lipinski definition) is 0. The van der Waals surface area contributed by atoms with Gasteiger partial charge >= 0.3 is 17.9 Å². The lowest BCUT2D eigenvalue weighted by Crippen LogP contribution is -2.51. The molecule has 0 aromatic rings. The van der Waals surface area contributed by atoms with E-state index in [1.54, 1.807) is 62.3 Å². The van der Waals surface area contributed by atoms with Crippen LogP contribution in [-0.2, 0) is 42.8 Å². The second kappa shape index (κ2) is 15.2. The highest BCUT2D eigenvalue weighted by atomic mass is 16.6. The lowest BCUT2D eigenvalue weighted by Gasteiger charge is -2.25. The second-order valence-electron chi connectivity index (χ2n) is 11.6. The molecule has 12 nitrogen and oxygen atoms in total. The SMILES string of the molecule is CC(C)(C)OC(=O)CCOCC(COCCC(=O)OC(C)(C)C)(COCCC(=O)OC(C)(C)C)[N+](=O)[O-]. The van der Waals surface area contributed by atoms with E-state index in [1.165, 1.54) is 0 Å². The Kier molecular flexibility index (Phi) is 14.2. The number of rotatable bonds is 16. The summed E-state index contributed by atoms with van der Waals surface area (Å²) in [5.41, 5.74) is -3.82. The first-order chi connectivity index (χ1) is 16.7. The molecule has 12 heteroatoms. The smallest absolute Gasteiger partial charge is 0.308 e. The molecule has 0 aliphatic heterocycles. The first-order valence-corrected chi connectivity index (χ1v) is 12.3. The Hall–Kier alpha value is -2.31. The summed E-state index contributed by atoms with van der Waals surface area (Å²) < 4.78 is 31.9. The molecule has 37 heavy (non-hydrogen) atoms. The molecular weight excluding hydrogens is 490 g/mol. The maximum absolute atomic E-state index is 12.1. The summed E-state index contributed by atoms with van der Waals surface area (Å²) in [7, 11) is 0. The zero-order chi connectivity index (χ0) is 28.9. The zero-order valence-electron chi connectivity index (χ0n) is 23.8. The van der Waals surface area contributed by atoms with Gasteiger partial charge in [0.1, 0.15) is 36.6 Å². The largest absolute Gasteiger partial charge is 0.460 e. The molecule has 0 aromatic carbocycles. The molecule has 0 aromatic heterocycles. The minimum Gasteiger partial charge on any atom is -0.460 e. The fourth-order valence-electron chi connectivity index (χ4n) is 2.71. The number of ether oxygens (including phenoxy) is 6. The maximum atomic E-state index is 12.1. The number of carbonyl (C=O) groups excluding carboxylic acids is 3. The average molecular weight is 536 g/mol. The number of nitrogens with zero attached hydrogens (tertiary/aromatic N) is 1. The molecule has 0 aliphatic carbocycles. The zero-order valence-corrected chi connectivity index (χ0v) is 23.8. The van der Waals surface area contributed by atoms with Crippen molar-refractivity contribution in [2.45, 2.75) is 104 Å². The summed E-state index contributed by atoms with van der Waals surface area (Å²) in [6, 6.07) is 0. The maximum Gasteiger partial charge on any atom is 0.308 e. The van der Waals surface area contributed by atoms with E-state index in [-0.39, 0.29) is 39.1 Å². The third-order valence-electron chi connectivity index (χ3n) is 4.11. The Balaban J connectivity index is 5.05. The van der Waals surface area contributed by atoms with Crippen molar-refractivity contribution in [1.82, 2.24) is 0 Å². The van der Waals surface area contributed by atoms with Crippen molar-refractivity contribution in [3.63, 3.8) is 0 Å². The highest BCUT2D eigenvalue weighted by Gasteiger charge is 2.44. The number of esters is 3. The van der Waals surface area contributed by atoms with Crippen LogP contribution in [0.3, 0.4) is 0 Å². The van der Waals surface area contributed by atoms with E-state index < -0.39 is 65.0 Å². The fourth-order valence-corrected chi connectivity index (χ4v) is 2.71. The van der Waals surface area contributed by atoms with Crippen molar-refractivity contribution in [3.05, 3.63) is 10.1 Å². The number of hydrogen-bond acceptors (Lipinski definition) is 11. The predicted octanol–water partition coefficient (Wildman–Crippen LogP) is 3.25. The normalized spacial score (nSPS) is 12.7. The molecule has 0 rings (SSSR count). The summed E-state index contributed by atoms with van der Waals surface area (Å²) in [5, 5.41) is 12.1. The molecule has 0 aliphatic rings. The van der Waals surface area contributed by atoms with Gasteiger partial charge in [-0.1, -0.05) is 0 Å². The van der Waals surface area contributed by atoms with Crippen molar-refractivity contribution in [3.8, 4) is 0 Å². The van der Waals surface area contributed by atoms with Crippen LogP contribution >= 0.6 is 0 Å². The molecule has 0 heterocycles. The summed E-state index contributed by atoms with van der Waals surface area (Å²) in [6.07, 6.45) is -0.280. The Bertz CT molecular complexity index is 657. The summed E-state index contributed by atoms with van der Waals surface area (Å²) in [4.78, 5) is 47.2. The highest BCUT2D eigenvalue weighted by molar-refractivity contribution is 5.70. The monoisotopic (exact) mass is 535 g/mol. The molecule has 0 saturated heterocycles. The predicted molar refractivity (Wildman–Crippen MR) is 134 cm³/mol. The van der Waals surface area contributed by atoms with E-state index in [0.717, 1.165) is 0 Å². The van der Waals surface area contributed by atoms with Gasteiger partial charge in [0.2, 0.25) is 0 Å². The quantitative estimate of drug-likeness (QED) is 0.0942. The van der Waals surface area contributed by atoms with Crippen LogP contribution in [0.4, 0.5) is 0 Å². The second-order valence-corrected chi connectivity index (χ2v) is 11.6.